The van der Waals surface area contributed by atoms with E-state index in [0.29, 0.717) is 13.0 Å². The van der Waals surface area contributed by atoms with Crippen molar-refractivity contribution in [2.24, 2.45) is 0 Å². The van der Waals surface area contributed by atoms with Crippen molar-refractivity contribution in [2.75, 3.05) is 0 Å². The largest absolute Gasteiger partial charge is 0.481 e. The van der Waals surface area contributed by atoms with E-state index in [0.717, 1.165) is 44.9 Å². The van der Waals surface area contributed by atoms with Crippen molar-refractivity contribution in [1.82, 2.24) is 0 Å². The van der Waals surface area contributed by atoms with Crippen LogP contribution in [0.2, 0.25) is 0 Å². The summed E-state index contributed by atoms with van der Waals surface area (Å²) in [7, 11) is 0. The number of aliphatic hydroxyl groups excluding tert-OH is 1. The van der Waals surface area contributed by atoms with Crippen molar-refractivity contribution < 1.29 is 19.7 Å². The Morgan fingerprint density at radius 3 is 1.97 bits per heavy atom. The summed E-state index contributed by atoms with van der Waals surface area (Å²) in [5.41, 5.74) is 1.22. The Balaban J connectivity index is 2.10. The van der Waals surface area contributed by atoms with Crippen LogP contribution in [0.1, 0.15) is 102 Å². The van der Waals surface area contributed by atoms with Gasteiger partial charge in [-0.05, 0) is 44.6 Å². The van der Waals surface area contributed by atoms with Gasteiger partial charge < -0.3 is 14.9 Å². The van der Waals surface area contributed by atoms with E-state index in [1.165, 1.54) is 44.1 Å². The predicted octanol–water partition coefficient (Wildman–Crippen LogP) is 6.50. The molecule has 0 amide bonds. The van der Waals surface area contributed by atoms with Gasteiger partial charge in [0.15, 0.2) is 0 Å². The fourth-order valence-corrected chi connectivity index (χ4v) is 3.63. The number of aliphatic carboxylic acids is 1. The van der Waals surface area contributed by atoms with Gasteiger partial charge in [0.1, 0.15) is 0 Å². The van der Waals surface area contributed by atoms with E-state index in [1.54, 1.807) is 0 Å². The third kappa shape index (κ3) is 16.1. The molecule has 0 saturated carbocycles. The maximum Gasteiger partial charge on any atom is 0.303 e. The molecule has 1 aromatic rings. The van der Waals surface area contributed by atoms with Crippen LogP contribution in [0, 0.1) is 0 Å². The first-order chi connectivity index (χ1) is 14.1. The summed E-state index contributed by atoms with van der Waals surface area (Å²) in [5.74, 6) is -0.679. The van der Waals surface area contributed by atoms with Crippen LogP contribution in [0.25, 0.3) is 0 Å². The average molecular weight is 407 g/mol. The molecule has 0 spiro atoms. The first-order valence-corrected chi connectivity index (χ1v) is 11.6. The zero-order valence-electron chi connectivity index (χ0n) is 18.4. The molecular formula is C25H42O4. The predicted molar refractivity (Wildman–Crippen MR) is 119 cm³/mol. The number of unbranched alkanes of at least 4 members (excludes halogenated alkanes) is 8. The molecule has 4 heteroatoms. The summed E-state index contributed by atoms with van der Waals surface area (Å²) in [5, 5.41) is 18.1. The van der Waals surface area contributed by atoms with Gasteiger partial charge in [0.25, 0.3) is 0 Å². The summed E-state index contributed by atoms with van der Waals surface area (Å²) < 4.78 is 6.19. The maximum atomic E-state index is 10.5. The van der Waals surface area contributed by atoms with E-state index < -0.39 is 5.97 Å². The third-order valence-corrected chi connectivity index (χ3v) is 5.39. The summed E-state index contributed by atoms with van der Waals surface area (Å²) in [6, 6.07) is 10.3. The fraction of sp³-hybridized carbons (Fsp3) is 0.720. The molecule has 0 bridgehead atoms. The summed E-state index contributed by atoms with van der Waals surface area (Å²) in [6.45, 7) is 2.52. The average Bonchev–Trinajstić information content (AvgIpc) is 2.70. The quantitative estimate of drug-likeness (QED) is 0.257. The van der Waals surface area contributed by atoms with E-state index in [1.807, 2.05) is 25.1 Å². The first kappa shape index (κ1) is 25.6. The number of benzene rings is 1. The van der Waals surface area contributed by atoms with Crippen molar-refractivity contribution in [3.63, 3.8) is 0 Å². The molecule has 0 aromatic heterocycles. The number of aliphatic hydroxyl groups is 1. The molecule has 1 rings (SSSR count). The van der Waals surface area contributed by atoms with E-state index in [4.69, 9.17) is 9.84 Å². The summed E-state index contributed by atoms with van der Waals surface area (Å²) in [6.07, 6.45) is 14.8. The Morgan fingerprint density at radius 1 is 0.828 bits per heavy atom. The van der Waals surface area contributed by atoms with Gasteiger partial charge >= 0.3 is 5.97 Å². The highest BCUT2D eigenvalue weighted by Crippen LogP contribution is 2.18. The molecule has 166 valence electrons. The van der Waals surface area contributed by atoms with Gasteiger partial charge in [-0.15, -0.1) is 0 Å². The molecule has 1 aromatic carbocycles. The Kier molecular flexibility index (Phi) is 15.4. The van der Waals surface area contributed by atoms with Crippen LogP contribution in [0.15, 0.2) is 30.3 Å². The van der Waals surface area contributed by atoms with Gasteiger partial charge in [-0.2, -0.15) is 0 Å². The molecule has 4 nitrogen and oxygen atoms in total. The van der Waals surface area contributed by atoms with Crippen LogP contribution in [-0.2, 0) is 16.1 Å². The second-order valence-corrected chi connectivity index (χ2v) is 8.31. The molecule has 0 heterocycles. The zero-order valence-corrected chi connectivity index (χ0v) is 18.4. The Hall–Kier alpha value is -1.39. The smallest absolute Gasteiger partial charge is 0.303 e. The van der Waals surface area contributed by atoms with Crippen molar-refractivity contribution in [3.8, 4) is 0 Å². The molecule has 2 N–H and O–H groups in total. The monoisotopic (exact) mass is 406 g/mol. The highest BCUT2D eigenvalue weighted by Gasteiger charge is 2.10. The van der Waals surface area contributed by atoms with Crippen LogP contribution in [-0.4, -0.2) is 28.4 Å². The topological polar surface area (TPSA) is 66.8 Å². The standard InChI is InChI=1S/C25H42O4/c1-22(26)15-14-19-24(29-21-23-16-10-9-11-17-23)18-12-7-5-3-2-4-6-8-13-20-25(27)28/h9-11,16-17,22,24,26H,2-8,12-15,18-21H2,1H3,(H,27,28). The second kappa shape index (κ2) is 17.5. The van der Waals surface area contributed by atoms with E-state index in [-0.39, 0.29) is 12.2 Å². The van der Waals surface area contributed by atoms with Gasteiger partial charge in [0.2, 0.25) is 0 Å². The van der Waals surface area contributed by atoms with Gasteiger partial charge in [-0.25, -0.2) is 0 Å². The van der Waals surface area contributed by atoms with Crippen LogP contribution in [0.5, 0.6) is 0 Å². The lowest BCUT2D eigenvalue weighted by atomic mass is 10.0. The molecule has 2 unspecified atom stereocenters. The van der Waals surface area contributed by atoms with E-state index in [9.17, 15) is 9.90 Å². The van der Waals surface area contributed by atoms with Crippen molar-refractivity contribution in [1.29, 1.82) is 0 Å². The minimum Gasteiger partial charge on any atom is -0.481 e. The first-order valence-electron chi connectivity index (χ1n) is 11.6. The Morgan fingerprint density at radius 2 is 1.38 bits per heavy atom. The Labute approximate surface area is 177 Å². The summed E-state index contributed by atoms with van der Waals surface area (Å²) in [4.78, 5) is 10.5. The van der Waals surface area contributed by atoms with Gasteiger partial charge in [-0.3, -0.25) is 4.79 Å². The van der Waals surface area contributed by atoms with Crippen LogP contribution >= 0.6 is 0 Å². The van der Waals surface area contributed by atoms with Crippen molar-refractivity contribution >= 4 is 5.97 Å². The van der Waals surface area contributed by atoms with Gasteiger partial charge in [0.05, 0.1) is 18.8 Å². The number of carboxylic acids is 1. The van der Waals surface area contributed by atoms with Gasteiger partial charge in [0, 0.05) is 6.42 Å². The summed E-state index contributed by atoms with van der Waals surface area (Å²) >= 11 is 0. The van der Waals surface area contributed by atoms with E-state index in [2.05, 4.69) is 12.1 Å². The number of hydrogen-bond donors (Lipinski definition) is 2. The van der Waals surface area contributed by atoms with Crippen LogP contribution < -0.4 is 0 Å². The number of carboxylic acid groups (broad SMARTS) is 1. The van der Waals surface area contributed by atoms with Crippen molar-refractivity contribution in [2.45, 2.75) is 116 Å². The zero-order chi connectivity index (χ0) is 21.2. The van der Waals surface area contributed by atoms with Crippen LogP contribution in [0.3, 0.4) is 0 Å². The SMILES string of the molecule is CC(O)CCCC(CCCCCCCCCCCC(=O)O)OCc1ccccc1. The molecule has 0 radical (unpaired) electrons. The molecule has 0 aliphatic carbocycles. The molecule has 29 heavy (non-hydrogen) atoms. The highest BCUT2D eigenvalue weighted by molar-refractivity contribution is 5.66. The normalized spacial score (nSPS) is 13.3. The molecule has 0 aliphatic heterocycles. The fourth-order valence-electron chi connectivity index (χ4n) is 3.63. The number of carbonyl (C=O) groups is 1. The third-order valence-electron chi connectivity index (χ3n) is 5.39. The lowest BCUT2D eigenvalue weighted by Crippen LogP contribution is -2.14. The second-order valence-electron chi connectivity index (χ2n) is 8.31. The van der Waals surface area contributed by atoms with Crippen LogP contribution in [0.4, 0.5) is 0 Å². The minimum atomic E-state index is -0.679. The lowest BCUT2D eigenvalue weighted by molar-refractivity contribution is -0.137. The molecule has 0 aliphatic rings. The lowest BCUT2D eigenvalue weighted by Gasteiger charge is -2.18. The highest BCUT2D eigenvalue weighted by atomic mass is 16.5. The molecule has 0 saturated heterocycles. The molecular weight excluding hydrogens is 364 g/mol. The van der Waals surface area contributed by atoms with E-state index >= 15 is 0 Å². The van der Waals surface area contributed by atoms with Crippen molar-refractivity contribution in [3.05, 3.63) is 35.9 Å². The minimum absolute atomic E-state index is 0.228. The molecule has 0 fully saturated rings. The van der Waals surface area contributed by atoms with Gasteiger partial charge in [-0.1, -0.05) is 81.7 Å². The molecule has 2 atom stereocenters. The maximum absolute atomic E-state index is 10.5. The Bertz CT molecular complexity index is 501. The number of hydrogen-bond acceptors (Lipinski definition) is 3. The number of rotatable bonds is 19. The number of ether oxygens (including phenoxy) is 1.